The summed E-state index contributed by atoms with van der Waals surface area (Å²) in [5.41, 5.74) is 5.84. The van der Waals surface area contributed by atoms with Crippen LogP contribution in [-0.4, -0.2) is 41.9 Å². The average Bonchev–Trinajstić information content (AvgIpc) is 2.46. The van der Waals surface area contributed by atoms with E-state index in [1.807, 2.05) is 18.7 Å². The molecule has 1 fully saturated rings. The first-order chi connectivity index (χ1) is 9.88. The molecule has 5 nitrogen and oxygen atoms in total. The molecule has 1 saturated heterocycles. The molecule has 0 radical (unpaired) electrons. The van der Waals surface area contributed by atoms with Crippen LogP contribution in [0.15, 0.2) is 0 Å². The molecule has 1 heterocycles. The molecule has 1 aliphatic heterocycles. The minimum absolute atomic E-state index is 0.0727. The Balaban J connectivity index is 2.61. The minimum atomic E-state index is -0.200. The molecule has 21 heavy (non-hydrogen) atoms. The molecule has 0 spiro atoms. The first-order valence-electron chi connectivity index (χ1n) is 8.22. The molecule has 122 valence electrons. The van der Waals surface area contributed by atoms with Gasteiger partial charge in [-0.3, -0.25) is 9.59 Å². The fourth-order valence-electron chi connectivity index (χ4n) is 2.65. The minimum Gasteiger partial charge on any atom is -0.356 e. The number of carbonyl (C=O) groups excluding carboxylic acids is 2. The Morgan fingerprint density at radius 3 is 2.57 bits per heavy atom. The molecule has 0 aromatic heterocycles. The lowest BCUT2D eigenvalue weighted by molar-refractivity contribution is -0.142. The van der Waals surface area contributed by atoms with E-state index < -0.39 is 0 Å². The Bertz CT molecular complexity index is 357. The highest BCUT2D eigenvalue weighted by molar-refractivity contribution is 5.82. The number of carbonyl (C=O) groups is 2. The van der Waals surface area contributed by atoms with Crippen molar-refractivity contribution in [3.8, 4) is 0 Å². The van der Waals surface area contributed by atoms with Crippen LogP contribution in [0, 0.1) is 11.8 Å². The number of piperidine rings is 1. The number of amides is 2. The van der Waals surface area contributed by atoms with E-state index in [9.17, 15) is 9.59 Å². The third-order valence-corrected chi connectivity index (χ3v) is 4.54. The van der Waals surface area contributed by atoms with Crippen molar-refractivity contribution in [3.05, 3.63) is 0 Å². The second kappa shape index (κ2) is 8.37. The summed E-state index contributed by atoms with van der Waals surface area (Å²) in [5.74, 6) is -0.123. The van der Waals surface area contributed by atoms with Gasteiger partial charge in [-0.25, -0.2) is 0 Å². The molecular formula is C16H31N3O2. The van der Waals surface area contributed by atoms with Gasteiger partial charge in [0.05, 0.1) is 11.8 Å². The van der Waals surface area contributed by atoms with E-state index >= 15 is 0 Å². The second-order valence-electron chi connectivity index (χ2n) is 6.41. The molecule has 4 unspecified atom stereocenters. The smallest absolute Gasteiger partial charge is 0.227 e. The molecule has 0 bridgehead atoms. The largest absolute Gasteiger partial charge is 0.356 e. The molecule has 0 aliphatic carbocycles. The zero-order valence-electron chi connectivity index (χ0n) is 13.9. The average molecular weight is 297 g/mol. The summed E-state index contributed by atoms with van der Waals surface area (Å²) in [6, 6.07) is 0.0295. The lowest BCUT2D eigenvalue weighted by Gasteiger charge is -2.39. The van der Waals surface area contributed by atoms with E-state index in [0.717, 1.165) is 32.2 Å². The van der Waals surface area contributed by atoms with Crippen LogP contribution >= 0.6 is 0 Å². The molecule has 1 rings (SSSR count). The Labute approximate surface area is 128 Å². The van der Waals surface area contributed by atoms with Gasteiger partial charge in [0, 0.05) is 25.2 Å². The van der Waals surface area contributed by atoms with Crippen molar-refractivity contribution in [2.45, 2.75) is 65.5 Å². The third-order valence-electron chi connectivity index (χ3n) is 4.54. The van der Waals surface area contributed by atoms with Crippen molar-refractivity contribution in [2.24, 2.45) is 17.6 Å². The number of hydrogen-bond acceptors (Lipinski definition) is 3. The second-order valence-corrected chi connectivity index (χ2v) is 6.41. The van der Waals surface area contributed by atoms with Crippen LogP contribution in [0.2, 0.25) is 0 Å². The summed E-state index contributed by atoms with van der Waals surface area (Å²) < 4.78 is 0. The fraction of sp³-hybridized carbons (Fsp3) is 0.875. The standard InChI is InChI=1S/C16H31N3O2/c1-5-6-9-18-15(20)14-8-7-11(2)19(10-14)16(21)12(3)13(4)17/h11-14H,5-10,17H2,1-4H3,(H,18,20). The van der Waals surface area contributed by atoms with Crippen molar-refractivity contribution in [1.29, 1.82) is 0 Å². The topological polar surface area (TPSA) is 75.4 Å². The van der Waals surface area contributed by atoms with Gasteiger partial charge in [0.2, 0.25) is 11.8 Å². The highest BCUT2D eigenvalue weighted by Gasteiger charge is 2.34. The quantitative estimate of drug-likeness (QED) is 0.730. The number of nitrogens with one attached hydrogen (secondary N) is 1. The van der Waals surface area contributed by atoms with Gasteiger partial charge in [-0.05, 0) is 33.1 Å². The van der Waals surface area contributed by atoms with Crippen LogP contribution in [0.5, 0.6) is 0 Å². The van der Waals surface area contributed by atoms with Crippen molar-refractivity contribution in [1.82, 2.24) is 10.2 Å². The predicted octanol–water partition coefficient (Wildman–Crippen LogP) is 1.51. The Morgan fingerprint density at radius 2 is 2.00 bits per heavy atom. The number of rotatable bonds is 6. The van der Waals surface area contributed by atoms with Gasteiger partial charge in [-0.15, -0.1) is 0 Å². The van der Waals surface area contributed by atoms with Crippen LogP contribution < -0.4 is 11.1 Å². The first-order valence-corrected chi connectivity index (χ1v) is 8.22. The lowest BCUT2D eigenvalue weighted by atomic mass is 9.90. The van der Waals surface area contributed by atoms with E-state index in [2.05, 4.69) is 19.2 Å². The summed E-state index contributed by atoms with van der Waals surface area (Å²) in [4.78, 5) is 26.5. The van der Waals surface area contributed by atoms with Gasteiger partial charge in [0.25, 0.3) is 0 Å². The van der Waals surface area contributed by atoms with Gasteiger partial charge in [0.1, 0.15) is 0 Å². The van der Waals surface area contributed by atoms with Gasteiger partial charge in [0.15, 0.2) is 0 Å². The number of unbranched alkanes of at least 4 members (excludes halogenated alkanes) is 1. The molecule has 0 aromatic rings. The number of nitrogens with zero attached hydrogens (tertiary/aromatic N) is 1. The van der Waals surface area contributed by atoms with Gasteiger partial charge in [-0.2, -0.15) is 0 Å². The molecule has 2 amide bonds. The van der Waals surface area contributed by atoms with Crippen molar-refractivity contribution in [3.63, 3.8) is 0 Å². The molecule has 1 aliphatic rings. The maximum atomic E-state index is 12.5. The molecular weight excluding hydrogens is 266 g/mol. The summed E-state index contributed by atoms with van der Waals surface area (Å²) in [7, 11) is 0. The molecule has 5 heteroatoms. The Hall–Kier alpha value is -1.10. The Morgan fingerprint density at radius 1 is 1.33 bits per heavy atom. The van der Waals surface area contributed by atoms with E-state index in [1.54, 1.807) is 0 Å². The number of nitrogens with two attached hydrogens (primary N) is 1. The van der Waals surface area contributed by atoms with E-state index in [4.69, 9.17) is 5.73 Å². The van der Waals surface area contributed by atoms with Gasteiger partial charge >= 0.3 is 0 Å². The number of hydrogen-bond donors (Lipinski definition) is 2. The van der Waals surface area contributed by atoms with Crippen LogP contribution in [0.3, 0.4) is 0 Å². The predicted molar refractivity (Wildman–Crippen MR) is 84.6 cm³/mol. The zero-order chi connectivity index (χ0) is 16.0. The van der Waals surface area contributed by atoms with E-state index in [0.29, 0.717) is 6.54 Å². The van der Waals surface area contributed by atoms with Crippen molar-refractivity contribution in [2.75, 3.05) is 13.1 Å². The highest BCUT2D eigenvalue weighted by Crippen LogP contribution is 2.24. The zero-order valence-corrected chi connectivity index (χ0v) is 13.9. The normalized spacial score (nSPS) is 25.3. The molecule has 3 N–H and O–H groups in total. The first kappa shape index (κ1) is 18.0. The molecule has 4 atom stereocenters. The fourth-order valence-corrected chi connectivity index (χ4v) is 2.65. The molecule has 0 saturated carbocycles. The lowest BCUT2D eigenvalue weighted by Crippen LogP contribution is -2.52. The van der Waals surface area contributed by atoms with Crippen LogP contribution in [0.1, 0.15) is 53.4 Å². The van der Waals surface area contributed by atoms with Crippen LogP contribution in [0.25, 0.3) is 0 Å². The summed E-state index contributed by atoms with van der Waals surface area (Å²) in [6.07, 6.45) is 3.80. The summed E-state index contributed by atoms with van der Waals surface area (Å²) in [5, 5.41) is 2.98. The van der Waals surface area contributed by atoms with Crippen LogP contribution in [-0.2, 0) is 9.59 Å². The maximum absolute atomic E-state index is 12.5. The third kappa shape index (κ3) is 4.99. The van der Waals surface area contributed by atoms with Crippen molar-refractivity contribution >= 4 is 11.8 Å². The Kier molecular flexibility index (Phi) is 7.15. The van der Waals surface area contributed by atoms with E-state index in [-0.39, 0.29) is 35.7 Å². The van der Waals surface area contributed by atoms with Crippen LogP contribution in [0.4, 0.5) is 0 Å². The SMILES string of the molecule is CCCCNC(=O)C1CCC(C)N(C(=O)C(C)C(C)N)C1. The molecule has 0 aromatic carbocycles. The van der Waals surface area contributed by atoms with E-state index in [1.165, 1.54) is 0 Å². The summed E-state index contributed by atoms with van der Waals surface area (Å²) >= 11 is 0. The van der Waals surface area contributed by atoms with Gasteiger partial charge in [-0.1, -0.05) is 20.3 Å². The highest BCUT2D eigenvalue weighted by atomic mass is 16.2. The number of likely N-dealkylation sites (tertiary alicyclic amines) is 1. The van der Waals surface area contributed by atoms with Gasteiger partial charge < -0.3 is 16.0 Å². The summed E-state index contributed by atoms with van der Waals surface area (Å²) in [6.45, 7) is 9.12. The monoisotopic (exact) mass is 297 g/mol. The maximum Gasteiger partial charge on any atom is 0.227 e. The van der Waals surface area contributed by atoms with Crippen molar-refractivity contribution < 1.29 is 9.59 Å².